The Bertz CT molecular complexity index is 700. The van der Waals surface area contributed by atoms with Crippen LogP contribution in [0.1, 0.15) is 28.1 Å². The van der Waals surface area contributed by atoms with Crippen molar-refractivity contribution in [2.24, 2.45) is 5.73 Å². The number of aromatic nitrogens is 2. The second-order valence-electron chi connectivity index (χ2n) is 6.24. The summed E-state index contributed by atoms with van der Waals surface area (Å²) in [6.07, 6.45) is 8.39. The fourth-order valence-electron chi connectivity index (χ4n) is 2.80. The minimum Gasteiger partial charge on any atom is -0.396 e. The van der Waals surface area contributed by atoms with Crippen LogP contribution in [-0.2, 0) is 19.5 Å². The first-order valence-electron chi connectivity index (χ1n) is 8.67. The molecule has 0 atom stereocenters. The lowest BCUT2D eigenvalue weighted by molar-refractivity contribution is 0.273. The molecule has 2 aromatic rings. The topological polar surface area (TPSA) is 75.3 Å². The maximum absolute atomic E-state index is 9.27. The Kier molecular flexibility index (Phi) is 7.73. The number of pyridine rings is 2. The molecule has 25 heavy (non-hydrogen) atoms. The molecule has 2 heterocycles. The molecule has 0 saturated heterocycles. The molecule has 0 spiro atoms. The second-order valence-corrected chi connectivity index (χ2v) is 6.24. The highest BCUT2D eigenvalue weighted by molar-refractivity contribution is 5.24. The molecule has 5 nitrogen and oxygen atoms in total. The summed E-state index contributed by atoms with van der Waals surface area (Å²) in [6.45, 7) is 7.05. The van der Waals surface area contributed by atoms with Crippen LogP contribution in [0, 0.1) is 13.8 Å². The summed E-state index contributed by atoms with van der Waals surface area (Å²) in [7, 11) is 0. The van der Waals surface area contributed by atoms with Gasteiger partial charge in [0.1, 0.15) is 0 Å². The van der Waals surface area contributed by atoms with Crippen molar-refractivity contribution < 1.29 is 5.11 Å². The summed E-state index contributed by atoms with van der Waals surface area (Å²) in [4.78, 5) is 11.4. The van der Waals surface area contributed by atoms with Crippen molar-refractivity contribution in [3.8, 4) is 0 Å². The standard InChI is InChI=1S/C20H28N4O/c1-16-12-17(2)19(23-13-16)14-24(10-4-3-8-21)15-20-18(7-11-25)6-5-9-22-20/h3-6,9,12-13,25H,7-8,10-11,14-15,21H2,1-2H3/b4-3-. The zero-order chi connectivity index (χ0) is 18.1. The highest BCUT2D eigenvalue weighted by Crippen LogP contribution is 2.14. The van der Waals surface area contributed by atoms with E-state index < -0.39 is 0 Å². The molecule has 0 unspecified atom stereocenters. The lowest BCUT2D eigenvalue weighted by atomic mass is 10.1. The quantitative estimate of drug-likeness (QED) is 0.684. The van der Waals surface area contributed by atoms with Gasteiger partial charge in [-0.25, -0.2) is 0 Å². The Labute approximate surface area is 150 Å². The van der Waals surface area contributed by atoms with Gasteiger partial charge >= 0.3 is 0 Å². The van der Waals surface area contributed by atoms with Gasteiger partial charge < -0.3 is 10.8 Å². The fourth-order valence-corrected chi connectivity index (χ4v) is 2.80. The molecule has 0 aliphatic carbocycles. The van der Waals surface area contributed by atoms with Gasteiger partial charge in [-0.1, -0.05) is 24.3 Å². The molecule has 2 aromatic heterocycles. The summed E-state index contributed by atoms with van der Waals surface area (Å²) in [5.74, 6) is 0. The zero-order valence-corrected chi connectivity index (χ0v) is 15.2. The number of rotatable bonds is 9. The van der Waals surface area contributed by atoms with E-state index in [4.69, 9.17) is 5.73 Å². The first-order valence-corrected chi connectivity index (χ1v) is 8.67. The smallest absolute Gasteiger partial charge is 0.0576 e. The number of hydrogen-bond donors (Lipinski definition) is 2. The predicted molar refractivity (Wildman–Crippen MR) is 101 cm³/mol. The highest BCUT2D eigenvalue weighted by atomic mass is 16.2. The maximum Gasteiger partial charge on any atom is 0.0576 e. The van der Waals surface area contributed by atoms with E-state index in [1.54, 1.807) is 6.20 Å². The van der Waals surface area contributed by atoms with Gasteiger partial charge in [0.15, 0.2) is 0 Å². The molecule has 0 aliphatic rings. The van der Waals surface area contributed by atoms with Crippen molar-refractivity contribution in [2.75, 3.05) is 19.7 Å². The Hall–Kier alpha value is -2.08. The van der Waals surface area contributed by atoms with Crippen molar-refractivity contribution in [1.82, 2.24) is 14.9 Å². The molecule has 0 bridgehead atoms. The van der Waals surface area contributed by atoms with Crippen LogP contribution in [0.15, 0.2) is 42.7 Å². The Morgan fingerprint density at radius 1 is 1.16 bits per heavy atom. The maximum atomic E-state index is 9.27. The van der Waals surface area contributed by atoms with Crippen LogP contribution in [0.5, 0.6) is 0 Å². The largest absolute Gasteiger partial charge is 0.396 e. The summed E-state index contributed by atoms with van der Waals surface area (Å²) < 4.78 is 0. The van der Waals surface area contributed by atoms with Gasteiger partial charge in [0.2, 0.25) is 0 Å². The lowest BCUT2D eigenvalue weighted by Crippen LogP contribution is -2.25. The average molecular weight is 340 g/mol. The van der Waals surface area contributed by atoms with E-state index in [0.717, 1.165) is 30.0 Å². The van der Waals surface area contributed by atoms with Crippen LogP contribution in [-0.4, -0.2) is 39.7 Å². The lowest BCUT2D eigenvalue weighted by Gasteiger charge is -2.22. The van der Waals surface area contributed by atoms with E-state index >= 15 is 0 Å². The minimum absolute atomic E-state index is 0.129. The highest BCUT2D eigenvalue weighted by Gasteiger charge is 2.12. The van der Waals surface area contributed by atoms with E-state index in [2.05, 4.69) is 40.9 Å². The van der Waals surface area contributed by atoms with E-state index in [9.17, 15) is 5.11 Å². The van der Waals surface area contributed by atoms with Gasteiger partial charge in [-0.2, -0.15) is 0 Å². The first kappa shape index (κ1) is 19.2. The molecule has 5 heteroatoms. The third-order valence-electron chi connectivity index (χ3n) is 4.10. The summed E-state index contributed by atoms with van der Waals surface area (Å²) in [5, 5.41) is 9.27. The van der Waals surface area contributed by atoms with Crippen molar-refractivity contribution >= 4 is 0 Å². The molecule has 0 saturated carbocycles. The fraction of sp³-hybridized carbons (Fsp3) is 0.400. The van der Waals surface area contributed by atoms with Gasteiger partial charge in [0.25, 0.3) is 0 Å². The second kappa shape index (κ2) is 10.0. The van der Waals surface area contributed by atoms with E-state index in [1.165, 1.54) is 11.1 Å². The number of nitrogens with two attached hydrogens (primary N) is 1. The van der Waals surface area contributed by atoms with Gasteiger partial charge in [-0.3, -0.25) is 14.9 Å². The van der Waals surface area contributed by atoms with Crippen molar-refractivity contribution in [3.05, 3.63) is 70.8 Å². The number of aryl methyl sites for hydroxylation is 2. The third-order valence-corrected chi connectivity index (χ3v) is 4.10. The zero-order valence-electron chi connectivity index (χ0n) is 15.2. The number of hydrogen-bond acceptors (Lipinski definition) is 5. The van der Waals surface area contributed by atoms with Crippen LogP contribution >= 0.6 is 0 Å². The first-order chi connectivity index (χ1) is 12.1. The van der Waals surface area contributed by atoms with Gasteiger partial charge in [-0.15, -0.1) is 0 Å². The molecule has 0 aromatic carbocycles. The van der Waals surface area contributed by atoms with Crippen molar-refractivity contribution in [2.45, 2.75) is 33.4 Å². The van der Waals surface area contributed by atoms with Crippen LogP contribution < -0.4 is 5.73 Å². The number of nitrogens with zero attached hydrogens (tertiary/aromatic N) is 3. The van der Waals surface area contributed by atoms with Crippen LogP contribution in [0.25, 0.3) is 0 Å². The SMILES string of the molecule is Cc1cnc(CN(C/C=C\CN)Cc2ncccc2CCO)c(C)c1. The average Bonchev–Trinajstić information content (AvgIpc) is 2.59. The summed E-state index contributed by atoms with van der Waals surface area (Å²) >= 11 is 0. The monoisotopic (exact) mass is 340 g/mol. The molecule has 0 aliphatic heterocycles. The summed E-state index contributed by atoms with van der Waals surface area (Å²) in [5.41, 5.74) is 11.1. The van der Waals surface area contributed by atoms with Gasteiger partial charge in [-0.05, 0) is 43.0 Å². The molecule has 0 fully saturated rings. The Balaban J connectivity index is 2.19. The molecule has 2 rings (SSSR count). The number of aliphatic hydroxyl groups is 1. The van der Waals surface area contributed by atoms with Crippen LogP contribution in [0.3, 0.4) is 0 Å². The third kappa shape index (κ3) is 6.05. The van der Waals surface area contributed by atoms with Crippen molar-refractivity contribution in [3.63, 3.8) is 0 Å². The van der Waals surface area contributed by atoms with Crippen LogP contribution in [0.2, 0.25) is 0 Å². The molecule has 3 N–H and O–H groups in total. The van der Waals surface area contributed by atoms with E-state index in [1.807, 2.05) is 24.4 Å². The summed E-state index contributed by atoms with van der Waals surface area (Å²) in [6, 6.07) is 6.11. The Morgan fingerprint density at radius 2 is 1.96 bits per heavy atom. The molecular weight excluding hydrogens is 312 g/mol. The van der Waals surface area contributed by atoms with Crippen LogP contribution in [0.4, 0.5) is 0 Å². The molecular formula is C20H28N4O. The van der Waals surface area contributed by atoms with E-state index in [0.29, 0.717) is 19.5 Å². The van der Waals surface area contributed by atoms with Gasteiger partial charge in [0.05, 0.1) is 11.4 Å². The molecule has 134 valence electrons. The minimum atomic E-state index is 0.129. The molecule has 0 amide bonds. The van der Waals surface area contributed by atoms with Gasteiger partial charge in [0, 0.05) is 45.2 Å². The molecule has 0 radical (unpaired) electrons. The number of aliphatic hydroxyl groups excluding tert-OH is 1. The van der Waals surface area contributed by atoms with Crippen molar-refractivity contribution in [1.29, 1.82) is 0 Å². The van der Waals surface area contributed by atoms with E-state index in [-0.39, 0.29) is 6.61 Å². The predicted octanol–water partition coefficient (Wildman–Crippen LogP) is 2.15. The Morgan fingerprint density at radius 3 is 2.68 bits per heavy atom. The normalized spacial score (nSPS) is 11.6.